The van der Waals surface area contributed by atoms with Crippen molar-refractivity contribution >= 4 is 39.1 Å². The van der Waals surface area contributed by atoms with E-state index in [4.69, 9.17) is 0 Å². The Balaban J connectivity index is 1.79. The number of nitrogens with zero attached hydrogens (tertiary/aromatic N) is 4. The van der Waals surface area contributed by atoms with Gasteiger partial charge in [-0.05, 0) is 37.3 Å². The Morgan fingerprint density at radius 3 is 2.86 bits per heavy atom. The number of thioether (sulfide) groups is 1. The maximum absolute atomic E-state index is 13.5. The summed E-state index contributed by atoms with van der Waals surface area (Å²) < 4.78 is 3.86. The third kappa shape index (κ3) is 2.81. The molecule has 5 nitrogen and oxygen atoms in total. The van der Waals surface area contributed by atoms with Crippen LogP contribution in [-0.4, -0.2) is 24.9 Å². The third-order valence-electron chi connectivity index (χ3n) is 5.05. The predicted octanol–water partition coefficient (Wildman–Crippen LogP) is 4.31. The second-order valence-corrected chi connectivity index (χ2v) is 9.30. The second kappa shape index (κ2) is 6.90. The number of rotatable bonds is 5. The first-order valence-corrected chi connectivity index (χ1v) is 11.2. The highest BCUT2D eigenvalue weighted by atomic mass is 32.2. The summed E-state index contributed by atoms with van der Waals surface area (Å²) >= 11 is 3.35. The summed E-state index contributed by atoms with van der Waals surface area (Å²) in [6.45, 7) is 6.50. The van der Waals surface area contributed by atoms with Crippen LogP contribution in [0.2, 0.25) is 0 Å². The molecule has 4 aromatic rings. The Labute approximate surface area is 170 Å². The van der Waals surface area contributed by atoms with Gasteiger partial charge in [-0.1, -0.05) is 54.2 Å². The molecular formula is C21H20N4OS2. The van der Waals surface area contributed by atoms with Gasteiger partial charge in [0, 0.05) is 10.6 Å². The van der Waals surface area contributed by atoms with Crippen molar-refractivity contribution in [2.24, 2.45) is 0 Å². The molecule has 0 bridgehead atoms. The molecule has 0 radical (unpaired) electrons. The average molecular weight is 409 g/mol. The Hall–Kier alpha value is -2.38. The molecule has 0 unspecified atom stereocenters. The fraction of sp³-hybridized carbons (Fsp3) is 0.286. The Kier molecular flexibility index (Phi) is 4.36. The molecule has 0 atom stereocenters. The lowest BCUT2D eigenvalue weighted by Gasteiger charge is -2.10. The number of aromatic nitrogens is 4. The van der Waals surface area contributed by atoms with Crippen LogP contribution in [0.5, 0.6) is 0 Å². The number of aryl methyl sites for hydroxylation is 2. The van der Waals surface area contributed by atoms with Crippen LogP contribution in [0, 0.1) is 0 Å². The van der Waals surface area contributed by atoms with Gasteiger partial charge in [0.1, 0.15) is 4.83 Å². The molecule has 0 N–H and O–H groups in total. The normalized spacial score (nSPS) is 13.5. The van der Waals surface area contributed by atoms with Crippen LogP contribution in [0.1, 0.15) is 29.3 Å². The Morgan fingerprint density at radius 1 is 1.25 bits per heavy atom. The van der Waals surface area contributed by atoms with Crippen LogP contribution in [0.25, 0.3) is 16.0 Å². The van der Waals surface area contributed by atoms with E-state index in [0.29, 0.717) is 12.3 Å². The number of hydrogen-bond acceptors (Lipinski definition) is 5. The van der Waals surface area contributed by atoms with E-state index in [2.05, 4.69) is 21.2 Å². The van der Waals surface area contributed by atoms with Gasteiger partial charge in [-0.2, -0.15) is 0 Å². The fourth-order valence-corrected chi connectivity index (χ4v) is 6.01. The van der Waals surface area contributed by atoms with Gasteiger partial charge in [0.2, 0.25) is 5.78 Å². The lowest BCUT2D eigenvalue weighted by molar-refractivity contribution is 0.764. The van der Waals surface area contributed by atoms with Gasteiger partial charge in [0.05, 0.1) is 11.9 Å². The third-order valence-corrected chi connectivity index (χ3v) is 7.49. The van der Waals surface area contributed by atoms with Crippen LogP contribution in [0.15, 0.2) is 52.4 Å². The van der Waals surface area contributed by atoms with Crippen LogP contribution in [0.4, 0.5) is 0 Å². The van der Waals surface area contributed by atoms with Gasteiger partial charge in [-0.3, -0.25) is 9.36 Å². The quantitative estimate of drug-likeness (QED) is 0.365. The van der Waals surface area contributed by atoms with Crippen molar-refractivity contribution in [2.75, 3.05) is 5.75 Å². The standard InChI is InChI=1S/C21H20N4OS2/c1-13(2)12-27-21-23-22-20-24(11-14-7-4-3-5-8-14)18(26)17-15-9-6-10-16(15)28-19(17)25(20)21/h3-5,7-8H,1,6,9-12H2,2H3. The van der Waals surface area contributed by atoms with Gasteiger partial charge in [-0.15, -0.1) is 21.5 Å². The van der Waals surface area contributed by atoms with Crippen molar-refractivity contribution in [1.29, 1.82) is 0 Å². The minimum atomic E-state index is 0.0506. The molecule has 1 aliphatic carbocycles. The number of fused-ring (bicyclic) bond motifs is 5. The van der Waals surface area contributed by atoms with Gasteiger partial charge in [-0.25, -0.2) is 4.40 Å². The summed E-state index contributed by atoms with van der Waals surface area (Å²) in [5, 5.41) is 10.5. The molecule has 1 aliphatic rings. The van der Waals surface area contributed by atoms with Crippen molar-refractivity contribution in [3.8, 4) is 0 Å². The van der Waals surface area contributed by atoms with Gasteiger partial charge in [0.25, 0.3) is 5.56 Å². The van der Waals surface area contributed by atoms with E-state index in [1.807, 2.05) is 37.3 Å². The highest BCUT2D eigenvalue weighted by molar-refractivity contribution is 7.99. The fourth-order valence-electron chi connectivity index (χ4n) is 3.80. The van der Waals surface area contributed by atoms with E-state index in [-0.39, 0.29) is 5.56 Å². The first kappa shape index (κ1) is 17.7. The molecule has 0 saturated heterocycles. The minimum Gasteiger partial charge on any atom is -0.272 e. The molecule has 3 heterocycles. The van der Waals surface area contributed by atoms with Gasteiger partial charge in [0.15, 0.2) is 5.16 Å². The van der Waals surface area contributed by atoms with E-state index in [1.54, 1.807) is 27.7 Å². The van der Waals surface area contributed by atoms with Crippen molar-refractivity contribution in [1.82, 2.24) is 19.2 Å². The van der Waals surface area contributed by atoms with E-state index < -0.39 is 0 Å². The van der Waals surface area contributed by atoms with Gasteiger partial charge >= 0.3 is 0 Å². The first-order valence-electron chi connectivity index (χ1n) is 9.37. The number of benzene rings is 1. The molecular weight excluding hydrogens is 388 g/mol. The van der Waals surface area contributed by atoms with Crippen LogP contribution in [0.3, 0.4) is 0 Å². The molecule has 0 spiro atoms. The molecule has 5 rings (SSSR count). The van der Waals surface area contributed by atoms with Crippen LogP contribution >= 0.6 is 23.1 Å². The summed E-state index contributed by atoms with van der Waals surface area (Å²) in [5.74, 6) is 1.40. The molecule has 0 amide bonds. The highest BCUT2D eigenvalue weighted by Crippen LogP contribution is 2.37. The summed E-state index contributed by atoms with van der Waals surface area (Å²) in [6.07, 6.45) is 3.18. The van der Waals surface area contributed by atoms with E-state index in [0.717, 1.165) is 51.5 Å². The monoisotopic (exact) mass is 408 g/mol. The SMILES string of the molecule is C=C(C)CSc1nnc2n(Cc3ccccc3)c(=O)c3c4c(sc3n12)CCC4. The van der Waals surface area contributed by atoms with Crippen LogP contribution in [-0.2, 0) is 19.4 Å². The first-order chi connectivity index (χ1) is 13.6. The minimum absolute atomic E-state index is 0.0506. The lowest BCUT2D eigenvalue weighted by atomic mass is 10.2. The lowest BCUT2D eigenvalue weighted by Crippen LogP contribution is -2.24. The molecule has 0 aliphatic heterocycles. The molecule has 3 aromatic heterocycles. The summed E-state index contributed by atoms with van der Waals surface area (Å²) in [6, 6.07) is 10.1. The summed E-state index contributed by atoms with van der Waals surface area (Å²) in [4.78, 5) is 15.8. The Morgan fingerprint density at radius 2 is 2.07 bits per heavy atom. The van der Waals surface area contributed by atoms with E-state index in [1.165, 1.54) is 10.4 Å². The second-order valence-electron chi connectivity index (χ2n) is 7.28. The number of hydrogen-bond donors (Lipinski definition) is 0. The predicted molar refractivity (Wildman–Crippen MR) is 116 cm³/mol. The maximum Gasteiger partial charge on any atom is 0.264 e. The van der Waals surface area contributed by atoms with E-state index >= 15 is 0 Å². The van der Waals surface area contributed by atoms with E-state index in [9.17, 15) is 4.79 Å². The molecule has 28 heavy (non-hydrogen) atoms. The zero-order valence-electron chi connectivity index (χ0n) is 15.6. The maximum atomic E-state index is 13.5. The zero-order chi connectivity index (χ0) is 19.3. The summed E-state index contributed by atoms with van der Waals surface area (Å²) in [7, 11) is 0. The molecule has 0 fully saturated rings. The smallest absolute Gasteiger partial charge is 0.264 e. The molecule has 7 heteroatoms. The molecule has 0 saturated carbocycles. The molecule has 142 valence electrons. The van der Waals surface area contributed by atoms with Crippen molar-refractivity contribution in [2.45, 2.75) is 37.9 Å². The summed E-state index contributed by atoms with van der Waals surface area (Å²) in [5.41, 5.74) is 3.45. The number of thiophene rings is 1. The topological polar surface area (TPSA) is 52.2 Å². The van der Waals surface area contributed by atoms with Crippen molar-refractivity contribution in [3.63, 3.8) is 0 Å². The largest absolute Gasteiger partial charge is 0.272 e. The highest BCUT2D eigenvalue weighted by Gasteiger charge is 2.25. The van der Waals surface area contributed by atoms with Crippen molar-refractivity contribution < 1.29 is 0 Å². The average Bonchev–Trinajstić information content (AvgIpc) is 3.37. The Bertz CT molecular complexity index is 1270. The van der Waals surface area contributed by atoms with Crippen molar-refractivity contribution in [3.05, 3.63) is 68.8 Å². The zero-order valence-corrected chi connectivity index (χ0v) is 17.3. The van der Waals surface area contributed by atoms with Gasteiger partial charge < -0.3 is 0 Å². The molecule has 1 aromatic carbocycles. The van der Waals surface area contributed by atoms with Crippen LogP contribution < -0.4 is 5.56 Å².